The second-order valence-corrected chi connectivity index (χ2v) is 6.71. The average Bonchev–Trinajstić information content (AvgIpc) is 2.76. The Morgan fingerprint density at radius 3 is 2.07 bits per heavy atom. The summed E-state index contributed by atoms with van der Waals surface area (Å²) in [5, 5.41) is 3.09. The lowest BCUT2D eigenvalue weighted by molar-refractivity contribution is -0.121. The van der Waals surface area contributed by atoms with Crippen molar-refractivity contribution in [1.82, 2.24) is 5.32 Å². The zero-order valence-corrected chi connectivity index (χ0v) is 16.9. The maximum atomic E-state index is 13.0. The molecule has 3 aromatic carbocycles. The molecule has 0 bridgehead atoms. The second kappa shape index (κ2) is 10.3. The number of rotatable bonds is 9. The highest BCUT2D eigenvalue weighted by atomic mass is 16.5. The molecule has 1 amide bonds. The molecule has 3 aromatic rings. The van der Waals surface area contributed by atoms with E-state index < -0.39 is 0 Å². The van der Waals surface area contributed by atoms with Gasteiger partial charge in [-0.2, -0.15) is 0 Å². The van der Waals surface area contributed by atoms with Gasteiger partial charge in [0.05, 0.1) is 19.6 Å². The fourth-order valence-corrected chi connectivity index (χ4v) is 3.36. The molecule has 0 aliphatic rings. The van der Waals surface area contributed by atoms with E-state index in [1.54, 1.807) is 7.11 Å². The van der Waals surface area contributed by atoms with Gasteiger partial charge in [-0.25, -0.2) is 0 Å². The monoisotopic (exact) mass is 389 g/mol. The first kappa shape index (κ1) is 20.5. The Bertz CT molecular complexity index is 870. The predicted molar refractivity (Wildman–Crippen MR) is 116 cm³/mol. The molecule has 3 rings (SSSR count). The third kappa shape index (κ3) is 5.38. The standard InChI is InChI=1S/C25H27NO3/c1-3-29-22-15-14-19(18-23(22)28-2)16-17-26-25(27)24(20-10-6-4-7-11-20)21-12-8-5-9-13-21/h4-15,18,24H,3,16-17H2,1-2H3,(H,26,27). The Morgan fingerprint density at radius 1 is 0.897 bits per heavy atom. The Labute approximate surface area is 172 Å². The molecule has 29 heavy (non-hydrogen) atoms. The summed E-state index contributed by atoms with van der Waals surface area (Å²) in [5.41, 5.74) is 3.06. The summed E-state index contributed by atoms with van der Waals surface area (Å²) in [6, 6.07) is 25.6. The molecule has 150 valence electrons. The number of nitrogens with one attached hydrogen (secondary N) is 1. The molecule has 0 unspecified atom stereocenters. The second-order valence-electron chi connectivity index (χ2n) is 6.71. The summed E-state index contributed by atoms with van der Waals surface area (Å²) < 4.78 is 11.0. The van der Waals surface area contributed by atoms with Crippen LogP contribution in [0.15, 0.2) is 78.9 Å². The summed E-state index contributed by atoms with van der Waals surface area (Å²) >= 11 is 0. The van der Waals surface area contributed by atoms with E-state index in [-0.39, 0.29) is 11.8 Å². The first-order valence-corrected chi connectivity index (χ1v) is 9.90. The van der Waals surface area contributed by atoms with Crippen molar-refractivity contribution in [3.8, 4) is 11.5 Å². The van der Waals surface area contributed by atoms with Crippen molar-refractivity contribution in [3.63, 3.8) is 0 Å². The molecule has 0 radical (unpaired) electrons. The van der Waals surface area contributed by atoms with Crippen molar-refractivity contribution in [1.29, 1.82) is 0 Å². The van der Waals surface area contributed by atoms with Gasteiger partial charge in [0.1, 0.15) is 0 Å². The lowest BCUT2D eigenvalue weighted by atomic mass is 9.90. The Kier molecular flexibility index (Phi) is 7.28. The topological polar surface area (TPSA) is 47.6 Å². The SMILES string of the molecule is CCOc1ccc(CCNC(=O)C(c2ccccc2)c2ccccc2)cc1OC. The third-order valence-corrected chi connectivity index (χ3v) is 4.77. The lowest BCUT2D eigenvalue weighted by Crippen LogP contribution is -2.31. The third-order valence-electron chi connectivity index (χ3n) is 4.77. The number of amides is 1. The van der Waals surface area contributed by atoms with Crippen molar-refractivity contribution in [3.05, 3.63) is 95.6 Å². The van der Waals surface area contributed by atoms with Crippen LogP contribution >= 0.6 is 0 Å². The van der Waals surface area contributed by atoms with E-state index in [0.29, 0.717) is 25.3 Å². The quantitative estimate of drug-likeness (QED) is 0.582. The van der Waals surface area contributed by atoms with Crippen LogP contribution in [0.3, 0.4) is 0 Å². The first-order chi connectivity index (χ1) is 14.2. The minimum absolute atomic E-state index is 0.000279. The summed E-state index contributed by atoms with van der Waals surface area (Å²) in [6.07, 6.45) is 0.713. The molecule has 0 heterocycles. The number of methoxy groups -OCH3 is 1. The summed E-state index contributed by atoms with van der Waals surface area (Å²) in [6.45, 7) is 3.08. The smallest absolute Gasteiger partial charge is 0.232 e. The van der Waals surface area contributed by atoms with Crippen LogP contribution in [0.2, 0.25) is 0 Å². The molecule has 0 atom stereocenters. The van der Waals surface area contributed by atoms with Crippen LogP contribution in [0.4, 0.5) is 0 Å². The van der Waals surface area contributed by atoms with Crippen molar-refractivity contribution in [2.45, 2.75) is 19.3 Å². The molecule has 1 N–H and O–H groups in total. The molecular weight excluding hydrogens is 362 g/mol. The number of carbonyl (C=O) groups is 1. The minimum Gasteiger partial charge on any atom is -0.493 e. The predicted octanol–water partition coefficient (Wildman–Crippen LogP) is 4.58. The van der Waals surface area contributed by atoms with E-state index in [4.69, 9.17) is 9.47 Å². The first-order valence-electron chi connectivity index (χ1n) is 9.90. The maximum absolute atomic E-state index is 13.0. The van der Waals surface area contributed by atoms with Crippen molar-refractivity contribution in [2.24, 2.45) is 0 Å². The molecular formula is C25H27NO3. The van der Waals surface area contributed by atoms with Crippen LogP contribution in [0.5, 0.6) is 11.5 Å². The molecule has 0 aromatic heterocycles. The van der Waals surface area contributed by atoms with E-state index >= 15 is 0 Å². The van der Waals surface area contributed by atoms with Crippen LogP contribution in [-0.2, 0) is 11.2 Å². The Morgan fingerprint density at radius 2 is 1.52 bits per heavy atom. The van der Waals surface area contributed by atoms with E-state index in [1.807, 2.05) is 85.8 Å². The van der Waals surface area contributed by atoms with Gasteiger partial charge in [-0.15, -0.1) is 0 Å². The van der Waals surface area contributed by atoms with E-state index in [9.17, 15) is 4.79 Å². The zero-order chi connectivity index (χ0) is 20.5. The molecule has 0 aliphatic heterocycles. The highest BCUT2D eigenvalue weighted by Gasteiger charge is 2.22. The fourth-order valence-electron chi connectivity index (χ4n) is 3.36. The van der Waals surface area contributed by atoms with Crippen molar-refractivity contribution >= 4 is 5.91 Å². The number of hydrogen-bond donors (Lipinski definition) is 1. The Hall–Kier alpha value is -3.27. The van der Waals surface area contributed by atoms with Crippen LogP contribution in [0, 0.1) is 0 Å². The van der Waals surface area contributed by atoms with Crippen LogP contribution < -0.4 is 14.8 Å². The minimum atomic E-state index is -0.327. The van der Waals surface area contributed by atoms with Gasteiger partial charge in [0.25, 0.3) is 0 Å². The van der Waals surface area contributed by atoms with Gasteiger partial charge in [0, 0.05) is 6.54 Å². The summed E-state index contributed by atoms with van der Waals surface area (Å²) in [7, 11) is 1.63. The molecule has 0 fully saturated rings. The van der Waals surface area contributed by atoms with Gasteiger partial charge in [0.2, 0.25) is 5.91 Å². The lowest BCUT2D eigenvalue weighted by Gasteiger charge is -2.18. The number of ether oxygens (including phenoxy) is 2. The average molecular weight is 389 g/mol. The molecule has 4 heteroatoms. The number of hydrogen-bond acceptors (Lipinski definition) is 3. The normalized spacial score (nSPS) is 10.6. The summed E-state index contributed by atoms with van der Waals surface area (Å²) in [4.78, 5) is 13.0. The molecule has 0 aliphatic carbocycles. The van der Waals surface area contributed by atoms with Gasteiger partial charge in [-0.05, 0) is 42.2 Å². The van der Waals surface area contributed by atoms with E-state index in [2.05, 4.69) is 5.32 Å². The van der Waals surface area contributed by atoms with Gasteiger partial charge in [-0.3, -0.25) is 4.79 Å². The largest absolute Gasteiger partial charge is 0.493 e. The van der Waals surface area contributed by atoms with Crippen LogP contribution in [0.1, 0.15) is 29.5 Å². The number of carbonyl (C=O) groups excluding carboxylic acids is 1. The van der Waals surface area contributed by atoms with Gasteiger partial charge in [0.15, 0.2) is 11.5 Å². The highest BCUT2D eigenvalue weighted by Crippen LogP contribution is 2.28. The molecule has 4 nitrogen and oxygen atoms in total. The van der Waals surface area contributed by atoms with Gasteiger partial charge < -0.3 is 14.8 Å². The maximum Gasteiger partial charge on any atom is 0.232 e. The molecule has 0 spiro atoms. The molecule has 0 saturated heterocycles. The van der Waals surface area contributed by atoms with Crippen LogP contribution in [-0.4, -0.2) is 26.2 Å². The highest BCUT2D eigenvalue weighted by molar-refractivity contribution is 5.87. The fraction of sp³-hybridized carbons (Fsp3) is 0.240. The van der Waals surface area contributed by atoms with E-state index in [0.717, 1.165) is 22.4 Å². The Balaban J connectivity index is 1.68. The zero-order valence-electron chi connectivity index (χ0n) is 16.9. The van der Waals surface area contributed by atoms with Crippen LogP contribution in [0.25, 0.3) is 0 Å². The van der Waals surface area contributed by atoms with Crippen molar-refractivity contribution < 1.29 is 14.3 Å². The van der Waals surface area contributed by atoms with Gasteiger partial charge in [-0.1, -0.05) is 66.7 Å². The summed E-state index contributed by atoms with van der Waals surface area (Å²) in [5.74, 6) is 1.12. The van der Waals surface area contributed by atoms with Gasteiger partial charge >= 0.3 is 0 Å². The number of benzene rings is 3. The van der Waals surface area contributed by atoms with Crippen molar-refractivity contribution in [2.75, 3.05) is 20.3 Å². The molecule has 0 saturated carbocycles. The van der Waals surface area contributed by atoms with E-state index in [1.165, 1.54) is 0 Å².